The molecule has 0 saturated heterocycles. The number of anilines is 3. The Morgan fingerprint density at radius 3 is 2.49 bits per heavy atom. The zero-order valence-electron chi connectivity index (χ0n) is 19.6. The van der Waals surface area contributed by atoms with Gasteiger partial charge in [0.05, 0.1) is 6.10 Å². The first-order valence-electron chi connectivity index (χ1n) is 12.3. The lowest BCUT2D eigenvalue weighted by molar-refractivity contribution is 0.0976. The van der Waals surface area contributed by atoms with Crippen LogP contribution in [0.2, 0.25) is 0 Å². The third-order valence-corrected chi connectivity index (χ3v) is 6.43. The lowest BCUT2D eigenvalue weighted by Gasteiger charge is -2.26. The number of Topliss-reactive ketones (excluding diaryl/α,β-unsaturated/α-hetero) is 1. The maximum atomic E-state index is 12.3. The number of pyridine rings is 1. The lowest BCUT2D eigenvalue weighted by atomic mass is 9.93. The predicted molar refractivity (Wildman–Crippen MR) is 136 cm³/mol. The Morgan fingerprint density at radius 1 is 0.943 bits per heavy atom. The fourth-order valence-corrected chi connectivity index (χ4v) is 4.21. The number of aliphatic hydroxyl groups excluding tert-OH is 1. The molecule has 5 rings (SSSR count). The van der Waals surface area contributed by atoms with Crippen LogP contribution < -0.4 is 10.6 Å². The summed E-state index contributed by atoms with van der Waals surface area (Å²) in [6.07, 6.45) is 9.67. The van der Waals surface area contributed by atoms with Crippen LogP contribution in [0.4, 0.5) is 17.5 Å². The Hall–Kier alpha value is -3.76. The van der Waals surface area contributed by atoms with Crippen molar-refractivity contribution in [1.29, 1.82) is 0 Å². The summed E-state index contributed by atoms with van der Waals surface area (Å²) < 4.78 is 0. The molecule has 3 aromatic rings. The van der Waals surface area contributed by atoms with E-state index in [0.29, 0.717) is 35.6 Å². The maximum Gasteiger partial charge on any atom is 0.229 e. The lowest BCUT2D eigenvalue weighted by Crippen LogP contribution is -2.28. The first kappa shape index (κ1) is 23.0. The van der Waals surface area contributed by atoms with E-state index in [1.807, 2.05) is 30.3 Å². The van der Waals surface area contributed by atoms with Gasteiger partial charge in [0.1, 0.15) is 11.5 Å². The second-order valence-corrected chi connectivity index (χ2v) is 9.37. The number of carbonyl (C=O) groups is 1. The standard InChI is InChI=1S/C28H29N5O2/c34-25-11-9-22(10-12-25)31-27-14-16-30-28(33-27)32-23-6-3-19(4-7-23)5-8-24-18-21(13-15-29-24)26(35)17-20-1-2-20/h3-4,6-7,13-16,18,20,22,25,34H,1-2,9-12,17H2,(H2,30,31,32,33). The van der Waals surface area contributed by atoms with Gasteiger partial charge in [0.15, 0.2) is 5.78 Å². The van der Waals surface area contributed by atoms with Gasteiger partial charge in [-0.2, -0.15) is 4.98 Å². The van der Waals surface area contributed by atoms with Crippen LogP contribution in [0, 0.1) is 17.8 Å². The van der Waals surface area contributed by atoms with Gasteiger partial charge in [0.2, 0.25) is 5.95 Å². The van der Waals surface area contributed by atoms with Crippen molar-refractivity contribution < 1.29 is 9.90 Å². The quantitative estimate of drug-likeness (QED) is 0.342. The Balaban J connectivity index is 1.19. The second kappa shape index (κ2) is 10.7. The van der Waals surface area contributed by atoms with Crippen LogP contribution in [0.1, 0.15) is 66.6 Å². The Morgan fingerprint density at radius 2 is 1.71 bits per heavy atom. The molecule has 2 fully saturated rings. The van der Waals surface area contributed by atoms with Crippen LogP contribution in [-0.2, 0) is 0 Å². The highest BCUT2D eigenvalue weighted by molar-refractivity contribution is 5.96. The van der Waals surface area contributed by atoms with Crippen LogP contribution >= 0.6 is 0 Å². The van der Waals surface area contributed by atoms with E-state index in [-0.39, 0.29) is 11.9 Å². The van der Waals surface area contributed by atoms with E-state index in [4.69, 9.17) is 0 Å². The number of aromatic nitrogens is 3. The van der Waals surface area contributed by atoms with Crippen molar-refractivity contribution in [2.75, 3.05) is 10.6 Å². The van der Waals surface area contributed by atoms with Crippen LogP contribution in [0.25, 0.3) is 0 Å². The molecule has 0 amide bonds. The number of aliphatic hydroxyl groups is 1. The molecule has 0 aliphatic heterocycles. The number of nitrogens with zero attached hydrogens (tertiary/aromatic N) is 3. The summed E-state index contributed by atoms with van der Waals surface area (Å²) in [4.78, 5) is 25.5. The highest BCUT2D eigenvalue weighted by Gasteiger charge is 2.25. The minimum atomic E-state index is -0.175. The molecule has 0 bridgehead atoms. The number of benzene rings is 1. The highest BCUT2D eigenvalue weighted by atomic mass is 16.3. The molecule has 178 valence electrons. The van der Waals surface area contributed by atoms with Gasteiger partial charge in [-0.1, -0.05) is 5.92 Å². The summed E-state index contributed by atoms with van der Waals surface area (Å²) in [6, 6.07) is 13.4. The zero-order valence-corrected chi connectivity index (χ0v) is 19.6. The Labute approximate surface area is 205 Å². The summed E-state index contributed by atoms with van der Waals surface area (Å²) in [5.74, 6) is 8.21. The molecule has 2 saturated carbocycles. The van der Waals surface area contributed by atoms with E-state index in [2.05, 4.69) is 37.4 Å². The average molecular weight is 468 g/mol. The summed E-state index contributed by atoms with van der Waals surface area (Å²) in [7, 11) is 0. The Kier molecular flexibility index (Phi) is 7.01. The number of rotatable bonds is 7. The van der Waals surface area contributed by atoms with Gasteiger partial charge in [-0.05, 0) is 92.8 Å². The number of hydrogen-bond acceptors (Lipinski definition) is 7. The highest BCUT2D eigenvalue weighted by Crippen LogP contribution is 2.33. The topological polar surface area (TPSA) is 100 Å². The van der Waals surface area contributed by atoms with Crippen molar-refractivity contribution >= 4 is 23.2 Å². The molecular weight excluding hydrogens is 438 g/mol. The first-order valence-corrected chi connectivity index (χ1v) is 12.3. The molecule has 3 N–H and O–H groups in total. The third-order valence-electron chi connectivity index (χ3n) is 6.43. The second-order valence-electron chi connectivity index (χ2n) is 9.37. The van der Waals surface area contributed by atoms with Gasteiger partial charge in [-0.25, -0.2) is 9.97 Å². The first-order chi connectivity index (χ1) is 17.1. The Bertz CT molecular complexity index is 1240. The minimum Gasteiger partial charge on any atom is -0.393 e. The minimum absolute atomic E-state index is 0.174. The molecule has 0 atom stereocenters. The smallest absolute Gasteiger partial charge is 0.229 e. The summed E-state index contributed by atoms with van der Waals surface area (Å²) in [5.41, 5.74) is 3.00. The van der Waals surface area contributed by atoms with Gasteiger partial charge in [-0.15, -0.1) is 0 Å². The van der Waals surface area contributed by atoms with Gasteiger partial charge in [0, 0.05) is 41.7 Å². The molecule has 1 aromatic carbocycles. The molecule has 35 heavy (non-hydrogen) atoms. The number of hydrogen-bond donors (Lipinski definition) is 3. The van der Waals surface area contributed by atoms with Crippen molar-refractivity contribution in [2.45, 2.75) is 57.1 Å². The van der Waals surface area contributed by atoms with Gasteiger partial charge in [0.25, 0.3) is 0 Å². The van der Waals surface area contributed by atoms with Crippen LogP contribution in [-0.4, -0.2) is 38.0 Å². The van der Waals surface area contributed by atoms with Crippen molar-refractivity contribution in [3.8, 4) is 11.8 Å². The van der Waals surface area contributed by atoms with Crippen LogP contribution in [0.15, 0.2) is 54.9 Å². The van der Waals surface area contributed by atoms with Crippen LogP contribution in [0.3, 0.4) is 0 Å². The predicted octanol–water partition coefficient (Wildman–Crippen LogP) is 4.71. The number of nitrogens with one attached hydrogen (secondary N) is 2. The van der Waals surface area contributed by atoms with Gasteiger partial charge < -0.3 is 15.7 Å². The molecule has 2 aromatic heterocycles. The molecule has 7 nitrogen and oxygen atoms in total. The third kappa shape index (κ3) is 6.65. The SMILES string of the molecule is O=C(CC1CC1)c1ccnc(C#Cc2ccc(Nc3nccc(NC4CCC(O)CC4)n3)cc2)c1. The van der Waals surface area contributed by atoms with Gasteiger partial charge >= 0.3 is 0 Å². The van der Waals surface area contributed by atoms with E-state index >= 15 is 0 Å². The average Bonchev–Trinajstić information content (AvgIpc) is 3.69. The molecule has 0 radical (unpaired) electrons. The molecule has 7 heteroatoms. The van der Waals surface area contributed by atoms with E-state index in [1.165, 1.54) is 0 Å². The van der Waals surface area contributed by atoms with E-state index < -0.39 is 0 Å². The van der Waals surface area contributed by atoms with Crippen LogP contribution in [0.5, 0.6) is 0 Å². The molecular formula is C28H29N5O2. The molecule has 2 aliphatic carbocycles. The molecule has 2 aliphatic rings. The van der Waals surface area contributed by atoms with E-state index in [1.54, 1.807) is 24.5 Å². The largest absolute Gasteiger partial charge is 0.393 e. The summed E-state index contributed by atoms with van der Waals surface area (Å²) in [5, 5.41) is 16.4. The van der Waals surface area contributed by atoms with Gasteiger partial charge in [-0.3, -0.25) is 4.79 Å². The van der Waals surface area contributed by atoms with Crippen molar-refractivity contribution in [2.24, 2.45) is 5.92 Å². The number of carbonyl (C=O) groups excluding carboxylic acids is 1. The number of ketones is 1. The van der Waals surface area contributed by atoms with Crippen molar-refractivity contribution in [3.05, 3.63) is 71.7 Å². The van der Waals surface area contributed by atoms with E-state index in [0.717, 1.165) is 55.6 Å². The molecule has 2 heterocycles. The fraction of sp³-hybridized carbons (Fsp3) is 0.357. The van der Waals surface area contributed by atoms with Crippen molar-refractivity contribution in [1.82, 2.24) is 15.0 Å². The maximum absolute atomic E-state index is 12.3. The fourth-order valence-electron chi connectivity index (χ4n) is 4.21. The molecule has 0 unspecified atom stereocenters. The normalized spacial score (nSPS) is 19.3. The monoisotopic (exact) mass is 467 g/mol. The van der Waals surface area contributed by atoms with E-state index in [9.17, 15) is 9.90 Å². The zero-order chi connectivity index (χ0) is 24.0. The summed E-state index contributed by atoms with van der Waals surface area (Å²) >= 11 is 0. The summed E-state index contributed by atoms with van der Waals surface area (Å²) in [6.45, 7) is 0. The molecule has 0 spiro atoms. The van der Waals surface area contributed by atoms with Crippen molar-refractivity contribution in [3.63, 3.8) is 0 Å².